The lowest BCUT2D eigenvalue weighted by Crippen LogP contribution is -1.96. The van der Waals surface area contributed by atoms with Gasteiger partial charge in [0, 0.05) is 13.2 Å². The predicted molar refractivity (Wildman–Crippen MR) is 92.3 cm³/mol. The summed E-state index contributed by atoms with van der Waals surface area (Å²) in [6.07, 6.45) is 3.35. The summed E-state index contributed by atoms with van der Waals surface area (Å²) in [4.78, 5) is 0. The molecule has 0 amide bonds. The van der Waals surface area contributed by atoms with Gasteiger partial charge in [-0.1, -0.05) is 42.5 Å². The fraction of sp³-hybridized carbons (Fsp3) is 0.300. The molecule has 0 saturated carbocycles. The molecular weight excluding hydrogens is 272 g/mol. The van der Waals surface area contributed by atoms with Gasteiger partial charge in [-0.3, -0.25) is 0 Å². The third kappa shape index (κ3) is 2.85. The van der Waals surface area contributed by atoms with Crippen LogP contribution in [0.2, 0.25) is 0 Å². The smallest absolute Gasteiger partial charge is 0.0434 e. The molecule has 0 aliphatic carbocycles. The predicted octanol–water partition coefficient (Wildman–Crippen LogP) is 3.84. The molecule has 0 bridgehead atoms. The lowest BCUT2D eigenvalue weighted by atomic mass is 9.91. The van der Waals surface area contributed by atoms with Gasteiger partial charge in [0.15, 0.2) is 0 Å². The molecule has 22 heavy (non-hydrogen) atoms. The molecule has 0 spiro atoms. The Morgan fingerprint density at radius 2 is 1.41 bits per heavy atom. The second-order valence-corrected chi connectivity index (χ2v) is 5.74. The second kappa shape index (κ2) is 6.91. The topological polar surface area (TPSA) is 40.5 Å². The molecule has 3 aromatic carbocycles. The van der Waals surface area contributed by atoms with Gasteiger partial charge < -0.3 is 10.2 Å². The van der Waals surface area contributed by atoms with Crippen molar-refractivity contribution in [3.63, 3.8) is 0 Å². The summed E-state index contributed by atoms with van der Waals surface area (Å²) in [5, 5.41) is 23.4. The lowest BCUT2D eigenvalue weighted by Gasteiger charge is -2.14. The van der Waals surface area contributed by atoms with Crippen LogP contribution in [0, 0.1) is 0 Å². The molecule has 0 radical (unpaired) electrons. The van der Waals surface area contributed by atoms with E-state index in [0.29, 0.717) is 0 Å². The molecule has 0 atom stereocenters. The number of hydrogen-bond donors (Lipinski definition) is 2. The molecule has 2 N–H and O–H groups in total. The Labute approximate surface area is 131 Å². The van der Waals surface area contributed by atoms with Crippen molar-refractivity contribution in [3.05, 3.63) is 59.7 Å². The van der Waals surface area contributed by atoms with Crippen molar-refractivity contribution in [1.29, 1.82) is 0 Å². The SMILES string of the molecule is OCCCc1cccc2c(CCCO)c3ccccc3cc12. The summed E-state index contributed by atoms with van der Waals surface area (Å²) < 4.78 is 0. The monoisotopic (exact) mass is 294 g/mol. The number of fused-ring (bicyclic) bond motifs is 2. The number of hydrogen-bond acceptors (Lipinski definition) is 2. The molecule has 0 unspecified atom stereocenters. The van der Waals surface area contributed by atoms with Crippen LogP contribution >= 0.6 is 0 Å². The van der Waals surface area contributed by atoms with E-state index in [1.165, 1.54) is 32.7 Å². The van der Waals surface area contributed by atoms with Gasteiger partial charge >= 0.3 is 0 Å². The van der Waals surface area contributed by atoms with Crippen molar-refractivity contribution in [2.45, 2.75) is 25.7 Å². The van der Waals surface area contributed by atoms with Gasteiger partial charge in [-0.2, -0.15) is 0 Å². The lowest BCUT2D eigenvalue weighted by molar-refractivity contribution is 0.288. The maximum absolute atomic E-state index is 9.21. The number of aliphatic hydroxyl groups excluding tert-OH is 2. The normalized spacial score (nSPS) is 11.4. The Hall–Kier alpha value is -1.90. The van der Waals surface area contributed by atoms with Crippen molar-refractivity contribution in [3.8, 4) is 0 Å². The van der Waals surface area contributed by atoms with Crippen LogP contribution in [0.25, 0.3) is 21.5 Å². The number of aliphatic hydroxyl groups is 2. The molecule has 0 saturated heterocycles. The molecule has 3 aromatic rings. The van der Waals surface area contributed by atoms with Gasteiger partial charge in [0.05, 0.1) is 0 Å². The molecule has 3 rings (SSSR count). The van der Waals surface area contributed by atoms with E-state index in [1.54, 1.807) is 0 Å². The van der Waals surface area contributed by atoms with Crippen molar-refractivity contribution >= 4 is 21.5 Å². The minimum atomic E-state index is 0.217. The Balaban J connectivity index is 2.24. The molecule has 0 aliphatic rings. The Morgan fingerprint density at radius 3 is 2.23 bits per heavy atom. The van der Waals surface area contributed by atoms with E-state index in [2.05, 4.69) is 48.5 Å². The van der Waals surface area contributed by atoms with E-state index in [4.69, 9.17) is 5.11 Å². The minimum absolute atomic E-state index is 0.217. The molecule has 0 fully saturated rings. The third-order valence-electron chi connectivity index (χ3n) is 4.30. The summed E-state index contributed by atoms with van der Waals surface area (Å²) >= 11 is 0. The molecule has 0 aromatic heterocycles. The fourth-order valence-electron chi connectivity index (χ4n) is 3.26. The van der Waals surface area contributed by atoms with Crippen molar-refractivity contribution in [2.75, 3.05) is 13.2 Å². The van der Waals surface area contributed by atoms with Gasteiger partial charge in [0.1, 0.15) is 0 Å². The zero-order valence-corrected chi connectivity index (χ0v) is 12.8. The Kier molecular flexibility index (Phi) is 4.71. The quantitative estimate of drug-likeness (QED) is 0.678. The Morgan fingerprint density at radius 1 is 0.682 bits per heavy atom. The van der Waals surface area contributed by atoms with Crippen LogP contribution < -0.4 is 0 Å². The van der Waals surface area contributed by atoms with Gasteiger partial charge in [-0.25, -0.2) is 0 Å². The zero-order valence-electron chi connectivity index (χ0n) is 12.8. The van der Waals surface area contributed by atoms with Crippen molar-refractivity contribution < 1.29 is 10.2 Å². The van der Waals surface area contributed by atoms with E-state index < -0.39 is 0 Å². The summed E-state index contributed by atoms with van der Waals surface area (Å²) in [7, 11) is 0. The van der Waals surface area contributed by atoms with Crippen LogP contribution in [0.1, 0.15) is 24.0 Å². The van der Waals surface area contributed by atoms with Gasteiger partial charge in [-0.05, 0) is 64.4 Å². The molecule has 0 aliphatic heterocycles. The first kappa shape index (κ1) is 15.0. The second-order valence-electron chi connectivity index (χ2n) is 5.74. The highest BCUT2D eigenvalue weighted by atomic mass is 16.3. The van der Waals surface area contributed by atoms with Crippen LogP contribution in [0.4, 0.5) is 0 Å². The summed E-state index contributed by atoms with van der Waals surface area (Å²) in [6, 6.07) is 17.2. The average Bonchev–Trinajstić information content (AvgIpc) is 2.57. The van der Waals surface area contributed by atoms with E-state index in [-0.39, 0.29) is 13.2 Å². The van der Waals surface area contributed by atoms with Crippen LogP contribution in [-0.4, -0.2) is 23.4 Å². The van der Waals surface area contributed by atoms with Crippen LogP contribution in [0.5, 0.6) is 0 Å². The largest absolute Gasteiger partial charge is 0.396 e. The maximum Gasteiger partial charge on any atom is 0.0434 e. The zero-order chi connectivity index (χ0) is 15.4. The van der Waals surface area contributed by atoms with E-state index in [9.17, 15) is 5.11 Å². The summed E-state index contributed by atoms with van der Waals surface area (Å²) in [5.41, 5.74) is 2.62. The first-order valence-corrected chi connectivity index (χ1v) is 7.99. The van der Waals surface area contributed by atoms with Crippen LogP contribution in [-0.2, 0) is 12.8 Å². The molecule has 114 valence electrons. The van der Waals surface area contributed by atoms with Crippen LogP contribution in [0.3, 0.4) is 0 Å². The molecule has 2 nitrogen and oxygen atoms in total. The van der Waals surface area contributed by atoms with Crippen molar-refractivity contribution in [2.24, 2.45) is 0 Å². The minimum Gasteiger partial charge on any atom is -0.396 e. The summed E-state index contributed by atoms with van der Waals surface area (Å²) in [5.74, 6) is 0. The number of benzene rings is 3. The van der Waals surface area contributed by atoms with E-state index in [1.807, 2.05) is 0 Å². The number of rotatable bonds is 6. The standard InChI is InChI=1S/C20H22O2/c21-12-4-8-15-7-3-10-19-18(11-5-13-22)17-9-2-1-6-16(17)14-20(15)19/h1-3,6-7,9-10,14,21-22H,4-5,8,11-13H2. The highest BCUT2D eigenvalue weighted by molar-refractivity contribution is 6.03. The average molecular weight is 294 g/mol. The fourth-order valence-corrected chi connectivity index (χ4v) is 3.26. The van der Waals surface area contributed by atoms with Crippen molar-refractivity contribution in [1.82, 2.24) is 0 Å². The van der Waals surface area contributed by atoms with E-state index >= 15 is 0 Å². The first-order chi connectivity index (χ1) is 10.8. The maximum atomic E-state index is 9.21. The van der Waals surface area contributed by atoms with Gasteiger partial charge in [0.2, 0.25) is 0 Å². The highest BCUT2D eigenvalue weighted by Crippen LogP contribution is 2.31. The van der Waals surface area contributed by atoms with E-state index in [0.717, 1.165) is 25.7 Å². The van der Waals surface area contributed by atoms with Crippen LogP contribution in [0.15, 0.2) is 48.5 Å². The Bertz CT molecular complexity index is 777. The molecule has 0 heterocycles. The van der Waals surface area contributed by atoms with Gasteiger partial charge in [0.25, 0.3) is 0 Å². The first-order valence-electron chi connectivity index (χ1n) is 7.99. The summed E-state index contributed by atoms with van der Waals surface area (Å²) in [6.45, 7) is 0.441. The molecular formula is C20H22O2. The highest BCUT2D eigenvalue weighted by Gasteiger charge is 2.10. The van der Waals surface area contributed by atoms with Gasteiger partial charge in [-0.15, -0.1) is 0 Å². The number of aryl methyl sites for hydroxylation is 2. The third-order valence-corrected chi connectivity index (χ3v) is 4.30. The molecule has 2 heteroatoms.